The molecule has 3 N–H and O–H groups in total. The Morgan fingerprint density at radius 1 is 1.53 bits per heavy atom. The molecule has 0 unspecified atom stereocenters. The van der Waals surface area contributed by atoms with Gasteiger partial charge in [-0.25, -0.2) is 25.5 Å². The maximum atomic E-state index is 8.60. The van der Waals surface area contributed by atoms with Crippen LogP contribution >= 0.6 is 0 Å². The number of anilines is 1. The van der Waals surface area contributed by atoms with Crippen molar-refractivity contribution in [2.24, 2.45) is 5.84 Å². The molecular weight excluding hydrogens is 220 g/mol. The number of nitrogens with one attached hydrogen (secondary N) is 1. The van der Waals surface area contributed by atoms with E-state index in [0.717, 1.165) is 5.69 Å². The van der Waals surface area contributed by atoms with E-state index in [1.54, 1.807) is 6.07 Å². The summed E-state index contributed by atoms with van der Waals surface area (Å²) in [6.07, 6.45) is 1.46. The van der Waals surface area contributed by atoms with Crippen molar-refractivity contribution in [3.63, 3.8) is 0 Å². The lowest BCUT2D eigenvalue weighted by Gasteiger charge is -2.04. The lowest BCUT2D eigenvalue weighted by Crippen LogP contribution is -2.12. The van der Waals surface area contributed by atoms with Gasteiger partial charge in [-0.1, -0.05) is 0 Å². The molecule has 8 heteroatoms. The van der Waals surface area contributed by atoms with Crippen LogP contribution in [0.5, 0.6) is 0 Å². The molecule has 0 aliphatic rings. The number of nitriles is 1. The smallest absolute Gasteiger partial charge is 0.252 e. The minimum absolute atomic E-state index is 0.120. The van der Waals surface area contributed by atoms with Crippen LogP contribution in [-0.2, 0) is 6.54 Å². The molecule has 2 rings (SSSR count). The van der Waals surface area contributed by atoms with Gasteiger partial charge in [0.25, 0.3) is 5.82 Å². The van der Waals surface area contributed by atoms with Crippen LogP contribution in [-0.4, -0.2) is 24.7 Å². The predicted octanol–water partition coefficient (Wildman–Crippen LogP) is -0.418. The normalized spacial score (nSPS) is 9.94. The van der Waals surface area contributed by atoms with Crippen molar-refractivity contribution in [1.29, 1.82) is 5.26 Å². The molecule has 17 heavy (non-hydrogen) atoms. The molecule has 0 saturated carbocycles. The van der Waals surface area contributed by atoms with Crippen LogP contribution < -0.4 is 11.3 Å². The molecule has 0 radical (unpaired) electrons. The van der Waals surface area contributed by atoms with E-state index < -0.39 is 0 Å². The molecule has 0 saturated heterocycles. The second kappa shape index (κ2) is 4.54. The molecular formula is C9H10N8. The highest BCUT2D eigenvalue weighted by Crippen LogP contribution is 2.05. The number of hydrazine groups is 1. The summed E-state index contributed by atoms with van der Waals surface area (Å²) in [4.78, 5) is 12.2. The summed E-state index contributed by atoms with van der Waals surface area (Å²) >= 11 is 0. The Balaban J connectivity index is 2.23. The van der Waals surface area contributed by atoms with Crippen molar-refractivity contribution in [1.82, 2.24) is 24.7 Å². The molecule has 0 fully saturated rings. The second-order valence-electron chi connectivity index (χ2n) is 3.33. The molecule has 2 heterocycles. The summed E-state index contributed by atoms with van der Waals surface area (Å²) < 4.78 is 1.49. The molecule has 0 spiro atoms. The maximum absolute atomic E-state index is 8.60. The van der Waals surface area contributed by atoms with E-state index in [0.29, 0.717) is 18.2 Å². The van der Waals surface area contributed by atoms with E-state index in [-0.39, 0.29) is 5.82 Å². The summed E-state index contributed by atoms with van der Waals surface area (Å²) in [5, 5.41) is 12.5. The van der Waals surface area contributed by atoms with Gasteiger partial charge in [0.2, 0.25) is 0 Å². The van der Waals surface area contributed by atoms with Gasteiger partial charge < -0.3 is 5.43 Å². The first-order chi connectivity index (χ1) is 8.21. The van der Waals surface area contributed by atoms with Gasteiger partial charge in [-0.05, 0) is 6.92 Å². The molecule has 8 nitrogen and oxygen atoms in total. The summed E-state index contributed by atoms with van der Waals surface area (Å²) in [6.45, 7) is 2.18. The molecule has 86 valence electrons. The molecule has 0 amide bonds. The quantitative estimate of drug-likeness (QED) is 0.543. The Morgan fingerprint density at radius 2 is 2.35 bits per heavy atom. The van der Waals surface area contributed by atoms with Crippen LogP contribution in [0.15, 0.2) is 12.4 Å². The molecule has 2 aromatic rings. The average Bonchev–Trinajstić information content (AvgIpc) is 2.76. The third kappa shape index (κ3) is 2.53. The predicted molar refractivity (Wildman–Crippen MR) is 58.4 cm³/mol. The second-order valence-corrected chi connectivity index (χ2v) is 3.33. The summed E-state index contributed by atoms with van der Waals surface area (Å²) in [6, 6.07) is 3.58. The number of nitrogen functional groups attached to an aromatic ring is 1. The Labute approximate surface area is 97.1 Å². The highest BCUT2D eigenvalue weighted by Gasteiger charge is 2.04. The van der Waals surface area contributed by atoms with E-state index in [1.165, 1.54) is 11.0 Å². The minimum Gasteiger partial charge on any atom is -0.308 e. The monoisotopic (exact) mass is 230 g/mol. The van der Waals surface area contributed by atoms with Crippen LogP contribution in [0.2, 0.25) is 0 Å². The van der Waals surface area contributed by atoms with Crippen LogP contribution in [0, 0.1) is 18.3 Å². The largest absolute Gasteiger partial charge is 0.308 e. The van der Waals surface area contributed by atoms with Crippen LogP contribution in [0.1, 0.15) is 17.3 Å². The van der Waals surface area contributed by atoms with Gasteiger partial charge in [0.1, 0.15) is 24.8 Å². The highest BCUT2D eigenvalue weighted by atomic mass is 15.3. The zero-order valence-electron chi connectivity index (χ0n) is 9.12. The molecule has 0 atom stereocenters. The Hall–Kier alpha value is -2.53. The number of nitrogens with two attached hydrogens (primary N) is 1. The first kappa shape index (κ1) is 11.0. The number of nitrogens with zero attached hydrogens (tertiary/aromatic N) is 6. The lowest BCUT2D eigenvalue weighted by molar-refractivity contribution is 0.649. The topological polar surface area (TPSA) is 118 Å². The van der Waals surface area contributed by atoms with Gasteiger partial charge in [-0.3, -0.25) is 0 Å². The molecule has 0 bridgehead atoms. The number of aryl methyl sites for hydroxylation is 1. The summed E-state index contributed by atoms with van der Waals surface area (Å²) in [7, 11) is 0. The van der Waals surface area contributed by atoms with E-state index >= 15 is 0 Å². The van der Waals surface area contributed by atoms with Gasteiger partial charge in [0.05, 0.1) is 0 Å². The third-order valence-electron chi connectivity index (χ3n) is 1.99. The van der Waals surface area contributed by atoms with E-state index in [9.17, 15) is 0 Å². The van der Waals surface area contributed by atoms with Gasteiger partial charge in [-0.15, -0.1) is 5.10 Å². The molecule has 2 aromatic heterocycles. The van der Waals surface area contributed by atoms with E-state index in [1.807, 2.05) is 13.0 Å². The Kier molecular flexibility index (Phi) is 2.93. The van der Waals surface area contributed by atoms with Crippen molar-refractivity contribution in [3.05, 3.63) is 29.7 Å². The summed E-state index contributed by atoms with van der Waals surface area (Å²) in [5.74, 6) is 6.49. The fourth-order valence-electron chi connectivity index (χ4n) is 1.34. The third-order valence-corrected chi connectivity index (χ3v) is 1.99. The van der Waals surface area contributed by atoms with Crippen LogP contribution in [0.25, 0.3) is 0 Å². The fourth-order valence-corrected chi connectivity index (χ4v) is 1.34. The first-order valence-electron chi connectivity index (χ1n) is 4.82. The highest BCUT2D eigenvalue weighted by molar-refractivity contribution is 5.33. The van der Waals surface area contributed by atoms with E-state index in [4.69, 9.17) is 11.1 Å². The molecule has 0 aromatic carbocycles. The van der Waals surface area contributed by atoms with Gasteiger partial charge in [0.15, 0.2) is 5.82 Å². The average molecular weight is 230 g/mol. The zero-order valence-corrected chi connectivity index (χ0v) is 9.12. The number of aromatic nitrogens is 5. The zero-order chi connectivity index (χ0) is 12.3. The van der Waals surface area contributed by atoms with Crippen molar-refractivity contribution in [2.75, 3.05) is 5.43 Å². The standard InChI is InChI=1S/C9H10N8/c1-6-2-7(15-11)14-9(13-6)4-17-5-12-8(3-10)16-17/h2,5H,4,11H2,1H3,(H,13,14,15). The molecule has 0 aliphatic heterocycles. The summed E-state index contributed by atoms with van der Waals surface area (Å²) in [5.41, 5.74) is 3.26. The van der Waals surface area contributed by atoms with Crippen LogP contribution in [0.3, 0.4) is 0 Å². The minimum atomic E-state index is 0.120. The Morgan fingerprint density at radius 3 is 3.00 bits per heavy atom. The van der Waals surface area contributed by atoms with Gasteiger partial charge in [-0.2, -0.15) is 5.26 Å². The maximum Gasteiger partial charge on any atom is 0.252 e. The first-order valence-corrected chi connectivity index (χ1v) is 4.82. The molecule has 0 aliphatic carbocycles. The number of hydrogen-bond acceptors (Lipinski definition) is 7. The number of hydrogen-bond donors (Lipinski definition) is 2. The van der Waals surface area contributed by atoms with Crippen molar-refractivity contribution < 1.29 is 0 Å². The SMILES string of the molecule is Cc1cc(NN)nc(Cn2cnc(C#N)n2)n1. The van der Waals surface area contributed by atoms with Gasteiger partial charge >= 0.3 is 0 Å². The van der Waals surface area contributed by atoms with Crippen molar-refractivity contribution >= 4 is 5.82 Å². The van der Waals surface area contributed by atoms with Gasteiger partial charge in [0, 0.05) is 11.8 Å². The lowest BCUT2D eigenvalue weighted by atomic mass is 10.4. The van der Waals surface area contributed by atoms with Crippen molar-refractivity contribution in [3.8, 4) is 6.07 Å². The van der Waals surface area contributed by atoms with Crippen molar-refractivity contribution in [2.45, 2.75) is 13.5 Å². The van der Waals surface area contributed by atoms with E-state index in [2.05, 4.69) is 25.5 Å². The fraction of sp³-hybridized carbons (Fsp3) is 0.222. The number of rotatable bonds is 3. The van der Waals surface area contributed by atoms with Crippen LogP contribution in [0.4, 0.5) is 5.82 Å². The Bertz CT molecular complexity index is 567.